The lowest BCUT2D eigenvalue weighted by Crippen LogP contribution is -2.44. The molecule has 0 radical (unpaired) electrons. The van der Waals surface area contributed by atoms with E-state index in [1.54, 1.807) is 7.11 Å². The Labute approximate surface area is 222 Å². The van der Waals surface area contributed by atoms with Crippen LogP contribution in [0.3, 0.4) is 0 Å². The van der Waals surface area contributed by atoms with Crippen molar-refractivity contribution >= 4 is 23.0 Å². The summed E-state index contributed by atoms with van der Waals surface area (Å²) in [6.07, 6.45) is 4.79. The zero-order chi connectivity index (χ0) is 26.7. The van der Waals surface area contributed by atoms with Crippen LogP contribution in [-0.4, -0.2) is 40.9 Å². The van der Waals surface area contributed by atoms with Crippen LogP contribution in [0.1, 0.15) is 46.5 Å². The molecular formula is C30H34N4O4. The van der Waals surface area contributed by atoms with Crippen molar-refractivity contribution in [3.63, 3.8) is 0 Å². The number of carbonyl (C=O) groups excluding carboxylic acids is 1. The molecule has 5 rings (SSSR count). The molecule has 2 atom stereocenters. The van der Waals surface area contributed by atoms with Gasteiger partial charge in [-0.15, -0.1) is 0 Å². The average molecular weight is 515 g/mol. The van der Waals surface area contributed by atoms with Crippen LogP contribution in [0.5, 0.6) is 5.75 Å². The number of nitrogens with one attached hydrogen (secondary N) is 2. The molecule has 1 fully saturated rings. The predicted molar refractivity (Wildman–Crippen MR) is 148 cm³/mol. The topological polar surface area (TPSA) is 98.5 Å². The summed E-state index contributed by atoms with van der Waals surface area (Å²) in [6, 6.07) is 18.1. The third-order valence-electron chi connectivity index (χ3n) is 6.64. The highest BCUT2D eigenvalue weighted by molar-refractivity contribution is 6.05. The Bertz CT molecular complexity index is 1390. The van der Waals surface area contributed by atoms with Gasteiger partial charge in [0.25, 0.3) is 0 Å². The molecule has 2 aromatic heterocycles. The zero-order valence-corrected chi connectivity index (χ0v) is 22.3. The van der Waals surface area contributed by atoms with Crippen LogP contribution in [0.25, 0.3) is 33.6 Å². The number of anilines is 1. The maximum atomic E-state index is 12.4. The molecule has 2 aromatic carbocycles. The molecule has 0 bridgehead atoms. The molecule has 2 heterocycles. The molecular weight excluding hydrogens is 480 g/mol. The molecule has 1 aliphatic carbocycles. The number of carbonyl (C=O) groups is 1. The third kappa shape index (κ3) is 5.74. The lowest BCUT2D eigenvalue weighted by atomic mass is 9.91. The van der Waals surface area contributed by atoms with E-state index < -0.39 is 5.60 Å². The first-order valence-electron chi connectivity index (χ1n) is 13.0. The Kier molecular flexibility index (Phi) is 7.22. The van der Waals surface area contributed by atoms with Crippen LogP contribution >= 0.6 is 0 Å². The van der Waals surface area contributed by atoms with Gasteiger partial charge in [0.1, 0.15) is 29.3 Å². The summed E-state index contributed by atoms with van der Waals surface area (Å²) in [6.45, 7) is 5.60. The molecule has 0 spiro atoms. The van der Waals surface area contributed by atoms with Crippen LogP contribution in [0.2, 0.25) is 0 Å². The molecule has 0 saturated heterocycles. The van der Waals surface area contributed by atoms with Crippen LogP contribution < -0.4 is 15.4 Å². The van der Waals surface area contributed by atoms with Crippen molar-refractivity contribution in [3.8, 4) is 28.2 Å². The number of hydrogen-bond donors (Lipinski definition) is 2. The fourth-order valence-corrected chi connectivity index (χ4v) is 4.99. The molecule has 0 aliphatic heterocycles. The van der Waals surface area contributed by atoms with Gasteiger partial charge in [0.05, 0.1) is 12.5 Å². The van der Waals surface area contributed by atoms with Crippen molar-refractivity contribution in [2.45, 2.75) is 64.1 Å². The van der Waals surface area contributed by atoms with Gasteiger partial charge in [0.2, 0.25) is 5.71 Å². The molecule has 198 valence electrons. The van der Waals surface area contributed by atoms with E-state index in [9.17, 15) is 4.79 Å². The van der Waals surface area contributed by atoms with Gasteiger partial charge >= 0.3 is 6.09 Å². The summed E-state index contributed by atoms with van der Waals surface area (Å²) >= 11 is 0. The summed E-state index contributed by atoms with van der Waals surface area (Å²) in [7, 11) is 1.66. The number of fused-ring (bicyclic) bond motifs is 1. The number of rotatable bonds is 6. The molecule has 1 amide bonds. The Morgan fingerprint density at radius 2 is 1.71 bits per heavy atom. The number of alkyl carbamates (subject to hydrolysis) is 1. The standard InChI is InChI=1S/C30H34N4O4/c1-30(2,3)38-29(35)34-22-12-8-11-21(17-22)33-27-25-24(19-13-15-23(36-4)16-14-19)26(20-9-6-5-7-10-20)37-28(25)32-18-31-27/h5-7,9-10,13-16,18,21-22H,8,11-12,17H2,1-4H3,(H,34,35)(H,31,32,33). The number of furan rings is 1. The van der Waals surface area contributed by atoms with Crippen LogP contribution in [0.15, 0.2) is 65.3 Å². The Morgan fingerprint density at radius 3 is 2.42 bits per heavy atom. The molecule has 1 saturated carbocycles. The van der Waals surface area contributed by atoms with Gasteiger partial charge < -0.3 is 24.5 Å². The first-order valence-corrected chi connectivity index (χ1v) is 13.0. The van der Waals surface area contributed by atoms with E-state index in [4.69, 9.17) is 13.9 Å². The van der Waals surface area contributed by atoms with Crippen molar-refractivity contribution in [3.05, 3.63) is 60.9 Å². The van der Waals surface area contributed by atoms with Gasteiger partial charge in [-0.2, -0.15) is 0 Å². The first kappa shape index (κ1) is 25.6. The summed E-state index contributed by atoms with van der Waals surface area (Å²) < 4.78 is 17.2. The van der Waals surface area contributed by atoms with Crippen molar-refractivity contribution in [2.24, 2.45) is 0 Å². The first-order chi connectivity index (χ1) is 18.3. The highest BCUT2D eigenvalue weighted by Crippen LogP contribution is 2.43. The number of methoxy groups -OCH3 is 1. The van der Waals surface area contributed by atoms with Crippen molar-refractivity contribution < 1.29 is 18.7 Å². The van der Waals surface area contributed by atoms with Crippen molar-refractivity contribution in [2.75, 3.05) is 12.4 Å². The quantitative estimate of drug-likeness (QED) is 0.291. The van der Waals surface area contributed by atoms with E-state index in [2.05, 4.69) is 20.6 Å². The minimum Gasteiger partial charge on any atom is -0.497 e. The fraction of sp³-hybridized carbons (Fsp3) is 0.367. The average Bonchev–Trinajstić information content (AvgIpc) is 3.29. The highest BCUT2D eigenvalue weighted by Gasteiger charge is 2.28. The van der Waals surface area contributed by atoms with Gasteiger partial charge in [0.15, 0.2) is 0 Å². The molecule has 4 aromatic rings. The molecule has 8 heteroatoms. The van der Waals surface area contributed by atoms with E-state index in [1.165, 1.54) is 6.33 Å². The van der Waals surface area contributed by atoms with Gasteiger partial charge in [0, 0.05) is 23.2 Å². The van der Waals surface area contributed by atoms with E-state index in [1.807, 2.05) is 75.4 Å². The number of nitrogens with zero attached hydrogens (tertiary/aromatic N) is 2. The van der Waals surface area contributed by atoms with E-state index in [-0.39, 0.29) is 18.2 Å². The highest BCUT2D eigenvalue weighted by atomic mass is 16.6. The van der Waals surface area contributed by atoms with E-state index in [0.717, 1.165) is 65.1 Å². The fourth-order valence-electron chi connectivity index (χ4n) is 4.99. The molecule has 1 aliphatic rings. The third-order valence-corrected chi connectivity index (χ3v) is 6.64. The second kappa shape index (κ2) is 10.7. The lowest BCUT2D eigenvalue weighted by Gasteiger charge is -2.31. The van der Waals surface area contributed by atoms with Crippen LogP contribution in [0.4, 0.5) is 10.6 Å². The Morgan fingerprint density at radius 1 is 0.974 bits per heavy atom. The van der Waals surface area contributed by atoms with Crippen LogP contribution in [-0.2, 0) is 4.74 Å². The maximum absolute atomic E-state index is 12.4. The minimum absolute atomic E-state index is 0.0266. The minimum atomic E-state index is -0.529. The predicted octanol–water partition coefficient (Wildman–Crippen LogP) is 6.81. The SMILES string of the molecule is COc1ccc(-c2c(-c3ccccc3)oc3ncnc(NC4CCCC(NC(=O)OC(C)(C)C)C4)c23)cc1. The summed E-state index contributed by atoms with van der Waals surface area (Å²) in [4.78, 5) is 21.5. The van der Waals surface area contributed by atoms with Crippen molar-refractivity contribution in [1.82, 2.24) is 15.3 Å². The molecule has 2 N–H and O–H groups in total. The van der Waals surface area contributed by atoms with Gasteiger partial charge in [-0.05, 0) is 64.2 Å². The number of hydrogen-bond acceptors (Lipinski definition) is 7. The number of amides is 1. The van der Waals surface area contributed by atoms with E-state index >= 15 is 0 Å². The van der Waals surface area contributed by atoms with E-state index in [0.29, 0.717) is 5.71 Å². The largest absolute Gasteiger partial charge is 0.497 e. The Balaban J connectivity index is 1.48. The normalized spacial score (nSPS) is 17.7. The number of benzene rings is 2. The molecule has 38 heavy (non-hydrogen) atoms. The molecule has 2 unspecified atom stereocenters. The summed E-state index contributed by atoms with van der Waals surface area (Å²) in [5, 5.41) is 7.51. The maximum Gasteiger partial charge on any atom is 0.407 e. The summed E-state index contributed by atoms with van der Waals surface area (Å²) in [5.74, 6) is 2.24. The smallest absolute Gasteiger partial charge is 0.407 e. The number of ether oxygens (including phenoxy) is 2. The molecule has 8 nitrogen and oxygen atoms in total. The second-order valence-electron chi connectivity index (χ2n) is 10.7. The summed E-state index contributed by atoms with van der Waals surface area (Å²) in [5.41, 5.74) is 2.86. The Hall–Kier alpha value is -4.07. The second-order valence-corrected chi connectivity index (χ2v) is 10.7. The zero-order valence-electron chi connectivity index (χ0n) is 22.3. The van der Waals surface area contributed by atoms with Crippen LogP contribution in [0, 0.1) is 0 Å². The number of aromatic nitrogens is 2. The lowest BCUT2D eigenvalue weighted by molar-refractivity contribution is 0.0492. The van der Waals surface area contributed by atoms with Gasteiger partial charge in [-0.3, -0.25) is 0 Å². The monoisotopic (exact) mass is 514 g/mol. The van der Waals surface area contributed by atoms with Gasteiger partial charge in [-0.1, -0.05) is 42.5 Å². The van der Waals surface area contributed by atoms with Crippen molar-refractivity contribution in [1.29, 1.82) is 0 Å². The van der Waals surface area contributed by atoms with Gasteiger partial charge in [-0.25, -0.2) is 14.8 Å².